The van der Waals surface area contributed by atoms with Gasteiger partial charge in [0.15, 0.2) is 0 Å². The van der Waals surface area contributed by atoms with E-state index in [1.165, 1.54) is 131 Å². The van der Waals surface area contributed by atoms with Crippen LogP contribution in [0.5, 0.6) is 0 Å². The van der Waals surface area contributed by atoms with Crippen molar-refractivity contribution in [2.45, 2.75) is 52.4 Å². The van der Waals surface area contributed by atoms with E-state index in [0.29, 0.717) is 0 Å². The van der Waals surface area contributed by atoms with Crippen molar-refractivity contribution in [1.29, 1.82) is 0 Å². The van der Waals surface area contributed by atoms with Crippen LogP contribution >= 0.6 is 0 Å². The molecule has 2 aromatic heterocycles. The van der Waals surface area contributed by atoms with Gasteiger partial charge in [-0.2, -0.15) is 0 Å². The van der Waals surface area contributed by atoms with Gasteiger partial charge in [-0.3, -0.25) is 0 Å². The number of aromatic nitrogens is 2. The van der Waals surface area contributed by atoms with Crippen molar-refractivity contribution in [3.63, 3.8) is 0 Å². The molecule has 11 rings (SSSR count). The zero-order valence-corrected chi connectivity index (χ0v) is 36.8. The standard InChI is InChI=1S/C62H52N2/c1-3-5-15-43-25-28-47(29-26-43)50-19-14-20-51(42-50)48-34-36-52(37-35-48)63-56-23-12-10-21-53(56)61-59(63)39-40-60-62(61)54-22-11-13-24-57(54)64(60)58-38-27-44(16-6-4-2)41-55(58)49-32-30-46(31-33-49)45-17-8-7-9-18-45/h7-14,17-42H,3-6,15-16H2,1-2H3. The Hall–Kier alpha value is -7.42. The number of benzene rings is 9. The number of fused-ring (bicyclic) bond motifs is 7. The maximum absolute atomic E-state index is 2.52. The first-order valence-electron chi connectivity index (χ1n) is 23.2. The fourth-order valence-electron chi connectivity index (χ4n) is 10.0. The molecule has 2 heteroatoms. The van der Waals surface area contributed by atoms with Gasteiger partial charge in [-0.05, 0) is 130 Å². The summed E-state index contributed by atoms with van der Waals surface area (Å²) in [4.78, 5) is 0. The van der Waals surface area contributed by atoms with Crippen LogP contribution in [0.4, 0.5) is 0 Å². The highest BCUT2D eigenvalue weighted by atomic mass is 15.0. The number of para-hydroxylation sites is 2. The average molecular weight is 825 g/mol. The van der Waals surface area contributed by atoms with Gasteiger partial charge in [0.1, 0.15) is 0 Å². The van der Waals surface area contributed by atoms with Crippen molar-refractivity contribution in [1.82, 2.24) is 9.13 Å². The van der Waals surface area contributed by atoms with Crippen LogP contribution in [0, 0.1) is 0 Å². The van der Waals surface area contributed by atoms with Crippen molar-refractivity contribution >= 4 is 43.6 Å². The maximum Gasteiger partial charge on any atom is 0.0549 e. The molecule has 0 unspecified atom stereocenters. The smallest absolute Gasteiger partial charge is 0.0549 e. The number of aryl methyl sites for hydroxylation is 2. The summed E-state index contributed by atoms with van der Waals surface area (Å²) in [6.45, 7) is 4.53. The molecule has 310 valence electrons. The summed E-state index contributed by atoms with van der Waals surface area (Å²) in [5.74, 6) is 0. The zero-order valence-electron chi connectivity index (χ0n) is 36.8. The van der Waals surface area contributed by atoms with Gasteiger partial charge in [0.2, 0.25) is 0 Å². The Bertz CT molecular complexity index is 3420. The van der Waals surface area contributed by atoms with E-state index in [9.17, 15) is 0 Å². The molecule has 0 aliphatic rings. The van der Waals surface area contributed by atoms with E-state index in [2.05, 4.69) is 229 Å². The monoisotopic (exact) mass is 824 g/mol. The topological polar surface area (TPSA) is 9.86 Å². The molecule has 0 aliphatic heterocycles. The van der Waals surface area contributed by atoms with Crippen LogP contribution in [0.25, 0.3) is 99.5 Å². The van der Waals surface area contributed by atoms with Gasteiger partial charge < -0.3 is 9.13 Å². The Morgan fingerprint density at radius 3 is 1.44 bits per heavy atom. The Morgan fingerprint density at radius 2 is 0.797 bits per heavy atom. The summed E-state index contributed by atoms with van der Waals surface area (Å²) >= 11 is 0. The molecule has 0 bridgehead atoms. The van der Waals surface area contributed by atoms with Crippen LogP contribution in [-0.4, -0.2) is 9.13 Å². The lowest BCUT2D eigenvalue weighted by atomic mass is 9.96. The molecule has 0 amide bonds. The Labute approximate surface area is 376 Å². The van der Waals surface area contributed by atoms with Crippen molar-refractivity contribution < 1.29 is 0 Å². The second-order valence-electron chi connectivity index (χ2n) is 17.4. The normalized spacial score (nSPS) is 11.7. The third kappa shape index (κ3) is 7.10. The molecule has 0 fully saturated rings. The van der Waals surface area contributed by atoms with Crippen molar-refractivity contribution in [2.75, 3.05) is 0 Å². The first kappa shape index (κ1) is 39.4. The summed E-state index contributed by atoms with van der Waals surface area (Å²) in [5, 5.41) is 5.09. The molecule has 0 aliphatic carbocycles. The summed E-state index contributed by atoms with van der Waals surface area (Å²) in [5.41, 5.74) is 19.9. The SMILES string of the molecule is CCCCc1ccc(-c2cccc(-c3ccc(-n4c5ccccc5c5c6c7ccccc7n(-c7ccc(CCCC)cc7-c7ccc(-c8ccccc8)cc7)c6ccc54)cc3)c2)cc1. The van der Waals surface area contributed by atoms with E-state index in [1.54, 1.807) is 0 Å². The van der Waals surface area contributed by atoms with Crippen LogP contribution in [-0.2, 0) is 12.8 Å². The Balaban J connectivity index is 1.03. The molecular weight excluding hydrogens is 773 g/mol. The second-order valence-corrected chi connectivity index (χ2v) is 17.4. The van der Waals surface area contributed by atoms with E-state index in [0.717, 1.165) is 18.5 Å². The highest BCUT2D eigenvalue weighted by molar-refractivity contribution is 6.29. The predicted molar refractivity (Wildman–Crippen MR) is 274 cm³/mol. The Morgan fingerprint density at radius 1 is 0.328 bits per heavy atom. The number of hydrogen-bond acceptors (Lipinski definition) is 0. The van der Waals surface area contributed by atoms with Crippen molar-refractivity contribution in [3.05, 3.63) is 217 Å². The van der Waals surface area contributed by atoms with Gasteiger partial charge in [-0.15, -0.1) is 0 Å². The molecular formula is C62H52N2. The molecule has 2 heterocycles. The lowest BCUT2D eigenvalue weighted by Gasteiger charge is -2.16. The largest absolute Gasteiger partial charge is 0.309 e. The molecule has 0 spiro atoms. The molecule has 9 aromatic carbocycles. The van der Waals surface area contributed by atoms with E-state index in [1.807, 2.05) is 0 Å². The van der Waals surface area contributed by atoms with Gasteiger partial charge in [-0.1, -0.05) is 178 Å². The van der Waals surface area contributed by atoms with E-state index >= 15 is 0 Å². The molecule has 0 N–H and O–H groups in total. The first-order chi connectivity index (χ1) is 31.7. The second kappa shape index (κ2) is 17.0. The summed E-state index contributed by atoms with van der Waals surface area (Å²) in [6.07, 6.45) is 7.01. The lowest BCUT2D eigenvalue weighted by Crippen LogP contribution is -1.99. The lowest BCUT2D eigenvalue weighted by molar-refractivity contribution is 0.795. The summed E-state index contributed by atoms with van der Waals surface area (Å²) in [7, 11) is 0. The van der Waals surface area contributed by atoms with Crippen molar-refractivity contribution in [3.8, 4) is 55.9 Å². The fourth-order valence-corrected chi connectivity index (χ4v) is 10.0. The molecule has 64 heavy (non-hydrogen) atoms. The number of hydrogen-bond donors (Lipinski definition) is 0. The van der Waals surface area contributed by atoms with Crippen molar-refractivity contribution in [2.24, 2.45) is 0 Å². The molecule has 0 atom stereocenters. The fraction of sp³-hybridized carbons (Fsp3) is 0.129. The zero-order chi connectivity index (χ0) is 43.0. The first-order valence-corrected chi connectivity index (χ1v) is 23.2. The van der Waals surface area contributed by atoms with Crippen LogP contribution in [0.15, 0.2) is 206 Å². The van der Waals surface area contributed by atoms with Crippen LogP contribution in [0.1, 0.15) is 50.7 Å². The van der Waals surface area contributed by atoms with E-state index in [4.69, 9.17) is 0 Å². The van der Waals surface area contributed by atoms with Crippen LogP contribution < -0.4 is 0 Å². The third-order valence-electron chi connectivity index (χ3n) is 13.3. The van der Waals surface area contributed by atoms with E-state index in [-0.39, 0.29) is 0 Å². The van der Waals surface area contributed by atoms with E-state index < -0.39 is 0 Å². The molecule has 0 saturated carbocycles. The van der Waals surface area contributed by atoms with Gasteiger partial charge >= 0.3 is 0 Å². The molecule has 2 nitrogen and oxygen atoms in total. The number of unbranched alkanes of at least 4 members (excludes halogenated alkanes) is 2. The van der Waals surface area contributed by atoms with Crippen LogP contribution in [0.2, 0.25) is 0 Å². The highest BCUT2D eigenvalue weighted by Crippen LogP contribution is 2.44. The quantitative estimate of drug-likeness (QED) is 0.116. The number of nitrogens with zero attached hydrogens (tertiary/aromatic N) is 2. The highest BCUT2D eigenvalue weighted by Gasteiger charge is 2.22. The van der Waals surface area contributed by atoms with Crippen LogP contribution in [0.3, 0.4) is 0 Å². The minimum atomic E-state index is 1.07. The number of rotatable bonds is 12. The summed E-state index contributed by atoms with van der Waals surface area (Å²) in [6, 6.07) is 76.9. The predicted octanol–water partition coefficient (Wildman–Crippen LogP) is 17.2. The summed E-state index contributed by atoms with van der Waals surface area (Å²) < 4.78 is 4.97. The van der Waals surface area contributed by atoms with Gasteiger partial charge in [-0.25, -0.2) is 0 Å². The molecule has 0 saturated heterocycles. The van der Waals surface area contributed by atoms with Gasteiger partial charge in [0.25, 0.3) is 0 Å². The van der Waals surface area contributed by atoms with Gasteiger partial charge in [0, 0.05) is 32.8 Å². The third-order valence-corrected chi connectivity index (χ3v) is 13.3. The average Bonchev–Trinajstić information content (AvgIpc) is 3.88. The maximum atomic E-state index is 2.52. The molecule has 0 radical (unpaired) electrons. The minimum Gasteiger partial charge on any atom is -0.309 e. The minimum absolute atomic E-state index is 1.07. The van der Waals surface area contributed by atoms with Gasteiger partial charge in [0.05, 0.1) is 27.8 Å². The Kier molecular flexibility index (Phi) is 10.5. The molecule has 11 aromatic rings.